The standard InChI is InChI=1S/C13H8Cl2N2O4/c14-6-4-7(13(20)21)10(8(15)5-6)17-12(19)11-9(18)2-1-3-16-11/h1-5,18H,(H,17,19)(H,20,21). The molecule has 0 aliphatic heterocycles. The first kappa shape index (κ1) is 15.1. The van der Waals surface area contributed by atoms with Crippen molar-refractivity contribution in [3.05, 3.63) is 51.8 Å². The van der Waals surface area contributed by atoms with Crippen LogP contribution in [0.25, 0.3) is 0 Å². The summed E-state index contributed by atoms with van der Waals surface area (Å²) in [7, 11) is 0. The van der Waals surface area contributed by atoms with Crippen molar-refractivity contribution in [2.24, 2.45) is 0 Å². The van der Waals surface area contributed by atoms with E-state index in [0.29, 0.717) is 0 Å². The first-order valence-corrected chi connectivity index (χ1v) is 6.33. The minimum absolute atomic E-state index is 0.0383. The summed E-state index contributed by atoms with van der Waals surface area (Å²) in [6, 6.07) is 5.18. The van der Waals surface area contributed by atoms with Crippen molar-refractivity contribution in [3.63, 3.8) is 0 Å². The fourth-order valence-electron chi connectivity index (χ4n) is 1.61. The Bertz CT molecular complexity index is 734. The van der Waals surface area contributed by atoms with E-state index in [9.17, 15) is 14.7 Å². The van der Waals surface area contributed by atoms with Gasteiger partial charge in [-0.1, -0.05) is 23.2 Å². The summed E-state index contributed by atoms with van der Waals surface area (Å²) in [5.74, 6) is -2.43. The van der Waals surface area contributed by atoms with Crippen LogP contribution < -0.4 is 5.32 Å². The average Bonchev–Trinajstić information content (AvgIpc) is 2.41. The lowest BCUT2D eigenvalue weighted by atomic mass is 10.1. The van der Waals surface area contributed by atoms with Crippen LogP contribution in [-0.2, 0) is 0 Å². The largest absolute Gasteiger partial charge is 0.505 e. The zero-order chi connectivity index (χ0) is 15.6. The second-order valence-corrected chi connectivity index (χ2v) is 4.78. The molecular formula is C13H8Cl2N2O4. The predicted molar refractivity (Wildman–Crippen MR) is 77.3 cm³/mol. The van der Waals surface area contributed by atoms with Crippen molar-refractivity contribution in [1.29, 1.82) is 0 Å². The van der Waals surface area contributed by atoms with Crippen LogP contribution in [0.4, 0.5) is 5.69 Å². The fourth-order valence-corrected chi connectivity index (χ4v) is 2.15. The molecule has 8 heteroatoms. The maximum absolute atomic E-state index is 12.0. The molecule has 1 heterocycles. The van der Waals surface area contributed by atoms with E-state index >= 15 is 0 Å². The number of carboxylic acid groups (broad SMARTS) is 1. The second kappa shape index (κ2) is 5.99. The molecule has 0 bridgehead atoms. The van der Waals surface area contributed by atoms with Gasteiger partial charge in [0.15, 0.2) is 5.69 Å². The minimum Gasteiger partial charge on any atom is -0.505 e. The van der Waals surface area contributed by atoms with Gasteiger partial charge in [0.2, 0.25) is 0 Å². The van der Waals surface area contributed by atoms with Gasteiger partial charge in [-0.2, -0.15) is 0 Å². The highest BCUT2D eigenvalue weighted by Crippen LogP contribution is 2.31. The molecule has 2 rings (SSSR count). The van der Waals surface area contributed by atoms with E-state index in [1.54, 1.807) is 0 Å². The number of halogens is 2. The highest BCUT2D eigenvalue weighted by molar-refractivity contribution is 6.38. The Morgan fingerprint density at radius 1 is 1.24 bits per heavy atom. The number of amides is 1. The number of aromatic carboxylic acids is 1. The second-order valence-electron chi connectivity index (χ2n) is 3.94. The van der Waals surface area contributed by atoms with Gasteiger partial charge in [0.25, 0.3) is 5.91 Å². The summed E-state index contributed by atoms with van der Waals surface area (Å²) in [5, 5.41) is 21.1. The van der Waals surface area contributed by atoms with E-state index in [0.717, 1.165) is 6.07 Å². The van der Waals surface area contributed by atoms with Gasteiger partial charge in [-0.25, -0.2) is 9.78 Å². The Balaban J connectivity index is 2.42. The number of hydrogen-bond donors (Lipinski definition) is 3. The number of carbonyl (C=O) groups is 2. The number of anilines is 1. The van der Waals surface area contributed by atoms with E-state index in [1.165, 1.54) is 24.4 Å². The van der Waals surface area contributed by atoms with Gasteiger partial charge in [0, 0.05) is 11.2 Å². The van der Waals surface area contributed by atoms with Gasteiger partial charge >= 0.3 is 5.97 Å². The zero-order valence-corrected chi connectivity index (χ0v) is 11.8. The van der Waals surface area contributed by atoms with Crippen LogP contribution in [0.3, 0.4) is 0 Å². The predicted octanol–water partition coefficient (Wildman–Crippen LogP) is 3.04. The van der Waals surface area contributed by atoms with Crippen molar-refractivity contribution in [2.75, 3.05) is 5.32 Å². The normalized spacial score (nSPS) is 10.2. The Morgan fingerprint density at radius 3 is 2.57 bits per heavy atom. The molecule has 1 amide bonds. The van der Waals surface area contributed by atoms with Crippen LogP contribution in [0, 0.1) is 0 Å². The molecular weight excluding hydrogens is 319 g/mol. The molecule has 0 radical (unpaired) electrons. The summed E-state index contributed by atoms with van der Waals surface area (Å²) in [6.07, 6.45) is 1.32. The third kappa shape index (κ3) is 3.24. The van der Waals surface area contributed by atoms with Crippen molar-refractivity contribution in [1.82, 2.24) is 4.98 Å². The molecule has 6 nitrogen and oxygen atoms in total. The molecule has 0 saturated heterocycles. The van der Waals surface area contributed by atoms with Crippen LogP contribution in [0.1, 0.15) is 20.8 Å². The Labute approximate surface area is 129 Å². The van der Waals surface area contributed by atoms with E-state index in [2.05, 4.69) is 10.3 Å². The van der Waals surface area contributed by atoms with E-state index in [1.807, 2.05) is 0 Å². The first-order chi connectivity index (χ1) is 9.90. The lowest BCUT2D eigenvalue weighted by Gasteiger charge is -2.11. The summed E-state index contributed by atoms with van der Waals surface area (Å²) in [6.45, 7) is 0. The highest BCUT2D eigenvalue weighted by atomic mass is 35.5. The van der Waals surface area contributed by atoms with E-state index < -0.39 is 11.9 Å². The number of nitrogens with zero attached hydrogens (tertiary/aromatic N) is 1. The van der Waals surface area contributed by atoms with E-state index in [-0.39, 0.29) is 32.7 Å². The molecule has 108 valence electrons. The Kier molecular flexibility index (Phi) is 4.30. The number of aromatic nitrogens is 1. The van der Waals surface area contributed by atoms with Gasteiger partial charge in [-0.15, -0.1) is 0 Å². The number of carbonyl (C=O) groups excluding carboxylic acids is 1. The lowest BCUT2D eigenvalue weighted by Crippen LogP contribution is -2.16. The van der Waals surface area contributed by atoms with Crippen molar-refractivity contribution in [2.45, 2.75) is 0 Å². The quantitative estimate of drug-likeness (QED) is 0.804. The molecule has 0 saturated carbocycles. The van der Waals surface area contributed by atoms with Crippen LogP contribution in [-0.4, -0.2) is 27.1 Å². The summed E-state index contributed by atoms with van der Waals surface area (Å²) in [4.78, 5) is 26.9. The maximum atomic E-state index is 12.0. The number of aromatic hydroxyl groups is 1. The summed E-state index contributed by atoms with van der Waals surface area (Å²) in [5.41, 5.74) is -0.639. The molecule has 0 atom stereocenters. The van der Waals surface area contributed by atoms with Crippen LogP contribution in [0.5, 0.6) is 5.75 Å². The molecule has 2 aromatic rings. The highest BCUT2D eigenvalue weighted by Gasteiger charge is 2.20. The topological polar surface area (TPSA) is 99.5 Å². The van der Waals surface area contributed by atoms with Crippen LogP contribution in [0.2, 0.25) is 10.0 Å². The molecule has 1 aromatic carbocycles. The van der Waals surface area contributed by atoms with Crippen molar-refractivity contribution >= 4 is 40.8 Å². The molecule has 21 heavy (non-hydrogen) atoms. The minimum atomic E-state index is -1.31. The van der Waals surface area contributed by atoms with Gasteiger partial charge < -0.3 is 15.5 Å². The summed E-state index contributed by atoms with van der Waals surface area (Å²) >= 11 is 11.6. The monoisotopic (exact) mass is 326 g/mol. The van der Waals surface area contributed by atoms with Gasteiger partial charge in [0.05, 0.1) is 16.3 Å². The third-order valence-electron chi connectivity index (χ3n) is 2.53. The van der Waals surface area contributed by atoms with Crippen LogP contribution in [0.15, 0.2) is 30.5 Å². The van der Waals surface area contributed by atoms with Gasteiger partial charge in [-0.05, 0) is 24.3 Å². The number of pyridine rings is 1. The smallest absolute Gasteiger partial charge is 0.337 e. The van der Waals surface area contributed by atoms with E-state index in [4.69, 9.17) is 28.3 Å². The van der Waals surface area contributed by atoms with Crippen molar-refractivity contribution < 1.29 is 19.8 Å². The fraction of sp³-hybridized carbons (Fsp3) is 0. The number of nitrogens with one attached hydrogen (secondary N) is 1. The SMILES string of the molecule is O=C(O)c1cc(Cl)cc(Cl)c1NC(=O)c1ncccc1O. The lowest BCUT2D eigenvalue weighted by molar-refractivity contribution is 0.0698. The molecule has 0 unspecified atom stereocenters. The summed E-state index contributed by atoms with van der Waals surface area (Å²) < 4.78 is 0. The maximum Gasteiger partial charge on any atom is 0.337 e. The van der Waals surface area contributed by atoms with Gasteiger partial charge in [0.1, 0.15) is 5.75 Å². The number of benzene rings is 1. The zero-order valence-electron chi connectivity index (χ0n) is 10.3. The van der Waals surface area contributed by atoms with Crippen LogP contribution >= 0.6 is 23.2 Å². The van der Waals surface area contributed by atoms with Crippen molar-refractivity contribution in [3.8, 4) is 5.75 Å². The molecule has 0 fully saturated rings. The Morgan fingerprint density at radius 2 is 1.95 bits per heavy atom. The first-order valence-electron chi connectivity index (χ1n) is 5.58. The molecule has 0 aliphatic rings. The molecule has 0 spiro atoms. The molecule has 0 aliphatic carbocycles. The third-order valence-corrected chi connectivity index (χ3v) is 3.04. The number of carboxylic acids is 1. The molecule has 3 N–H and O–H groups in total. The van der Waals surface area contributed by atoms with Gasteiger partial charge in [-0.3, -0.25) is 4.79 Å². The number of hydrogen-bond acceptors (Lipinski definition) is 4. The average molecular weight is 327 g/mol. The number of rotatable bonds is 3. The Hall–Kier alpha value is -2.31. The molecule has 1 aromatic heterocycles.